The van der Waals surface area contributed by atoms with Crippen LogP contribution in [0.2, 0.25) is 5.02 Å². The SMILES string of the molecule is CC(C)c1ccc(Cl)cc1N1C(=O)CS/C1=N\C(=O)NCCc1ccc(-c2ncn(-c3ccc(C(F)(F)F)cc3)n2)cc1. The lowest BCUT2D eigenvalue weighted by Gasteiger charge is -2.21. The fraction of sp³-hybridized carbons (Fsp3) is 0.233. The van der Waals surface area contributed by atoms with Crippen molar-refractivity contribution in [2.45, 2.75) is 32.4 Å². The van der Waals surface area contributed by atoms with Crippen LogP contribution in [0.5, 0.6) is 0 Å². The van der Waals surface area contributed by atoms with E-state index >= 15 is 0 Å². The largest absolute Gasteiger partial charge is 0.416 e. The number of nitrogens with one attached hydrogen (secondary N) is 1. The van der Waals surface area contributed by atoms with E-state index in [0.717, 1.165) is 28.8 Å². The number of aromatic nitrogens is 3. The van der Waals surface area contributed by atoms with E-state index < -0.39 is 17.8 Å². The number of carbonyl (C=O) groups excluding carboxylic acids is 2. The second kappa shape index (κ2) is 12.6. The third-order valence-corrected chi connectivity index (χ3v) is 7.83. The molecule has 43 heavy (non-hydrogen) atoms. The fourth-order valence-electron chi connectivity index (χ4n) is 4.46. The van der Waals surface area contributed by atoms with Crippen LogP contribution < -0.4 is 10.2 Å². The van der Waals surface area contributed by atoms with E-state index in [-0.39, 0.29) is 17.6 Å². The molecule has 1 aliphatic heterocycles. The molecule has 0 aliphatic carbocycles. The first-order chi connectivity index (χ1) is 20.5. The molecule has 4 aromatic rings. The van der Waals surface area contributed by atoms with E-state index in [1.54, 1.807) is 12.1 Å². The Bertz CT molecular complexity index is 1670. The van der Waals surface area contributed by atoms with Gasteiger partial charge in [-0.05, 0) is 59.9 Å². The predicted octanol–water partition coefficient (Wildman–Crippen LogP) is 7.12. The van der Waals surface area contributed by atoms with Crippen molar-refractivity contribution in [3.8, 4) is 17.1 Å². The Balaban J connectivity index is 1.19. The lowest BCUT2D eigenvalue weighted by atomic mass is 10.0. The van der Waals surface area contributed by atoms with Gasteiger partial charge in [-0.2, -0.15) is 18.2 Å². The fourth-order valence-corrected chi connectivity index (χ4v) is 5.49. The number of thioether (sulfide) groups is 1. The van der Waals surface area contributed by atoms with Crippen LogP contribution in [0.4, 0.5) is 23.7 Å². The molecule has 0 radical (unpaired) electrons. The van der Waals surface area contributed by atoms with Crippen LogP contribution in [0.1, 0.15) is 36.5 Å². The number of aliphatic imine (C=N–C) groups is 1. The van der Waals surface area contributed by atoms with Gasteiger partial charge < -0.3 is 5.32 Å². The number of urea groups is 1. The van der Waals surface area contributed by atoms with Gasteiger partial charge in [0.2, 0.25) is 5.91 Å². The van der Waals surface area contributed by atoms with Gasteiger partial charge in [0.1, 0.15) is 6.33 Å². The Labute approximate surface area is 255 Å². The second-order valence-electron chi connectivity index (χ2n) is 10.0. The van der Waals surface area contributed by atoms with Crippen LogP contribution in [0.25, 0.3) is 17.1 Å². The molecule has 13 heteroatoms. The molecule has 5 rings (SSSR count). The van der Waals surface area contributed by atoms with Crippen LogP contribution >= 0.6 is 23.4 Å². The normalized spacial score (nSPS) is 14.6. The maximum Gasteiger partial charge on any atom is 0.416 e. The zero-order valence-corrected chi connectivity index (χ0v) is 24.7. The second-order valence-corrected chi connectivity index (χ2v) is 11.4. The number of hydrogen-bond donors (Lipinski definition) is 1. The summed E-state index contributed by atoms with van der Waals surface area (Å²) in [6.07, 6.45) is -2.43. The summed E-state index contributed by atoms with van der Waals surface area (Å²) in [6, 6.07) is 16.9. The highest BCUT2D eigenvalue weighted by molar-refractivity contribution is 8.15. The number of anilines is 1. The first-order valence-electron chi connectivity index (χ1n) is 13.3. The maximum atomic E-state index is 12.8. The standard InChI is InChI=1S/C30H26ClF3N6O2S/c1-18(2)24-12-9-22(31)15-25(24)40-26(41)16-43-29(40)37-28(42)35-14-13-19-3-5-20(6-4-19)27-36-17-39(38-27)23-10-7-21(8-11-23)30(32,33)34/h3-12,15,17-18H,13-14,16H2,1-2H3,(H,35,42)/b37-29-. The van der Waals surface area contributed by atoms with Crippen molar-refractivity contribution in [1.82, 2.24) is 20.1 Å². The van der Waals surface area contributed by atoms with Gasteiger partial charge >= 0.3 is 12.2 Å². The molecule has 1 aliphatic rings. The number of hydrogen-bond acceptors (Lipinski definition) is 5. The topological polar surface area (TPSA) is 92.5 Å². The van der Waals surface area contributed by atoms with Crippen LogP contribution in [0.15, 0.2) is 78.0 Å². The molecule has 2 heterocycles. The molecule has 1 aromatic heterocycles. The van der Waals surface area contributed by atoms with Gasteiger partial charge in [-0.3, -0.25) is 9.69 Å². The van der Waals surface area contributed by atoms with E-state index in [1.807, 2.05) is 44.2 Å². The first-order valence-corrected chi connectivity index (χ1v) is 14.7. The quantitative estimate of drug-likeness (QED) is 0.236. The molecule has 222 valence electrons. The summed E-state index contributed by atoms with van der Waals surface area (Å²) in [5.41, 5.74) is 2.96. The zero-order valence-electron chi connectivity index (χ0n) is 23.1. The Kier molecular flexibility index (Phi) is 8.88. The third-order valence-electron chi connectivity index (χ3n) is 6.67. The smallest absolute Gasteiger partial charge is 0.336 e. The molecular formula is C30H26ClF3N6O2S. The monoisotopic (exact) mass is 626 g/mol. The number of carbonyl (C=O) groups is 2. The number of alkyl halides is 3. The highest BCUT2D eigenvalue weighted by Gasteiger charge is 2.33. The van der Waals surface area contributed by atoms with Crippen molar-refractivity contribution in [3.63, 3.8) is 0 Å². The van der Waals surface area contributed by atoms with Gasteiger partial charge in [-0.15, -0.1) is 5.10 Å². The maximum absolute atomic E-state index is 12.8. The van der Waals surface area contributed by atoms with Gasteiger partial charge in [-0.25, -0.2) is 14.5 Å². The van der Waals surface area contributed by atoms with Crippen LogP contribution in [-0.4, -0.2) is 44.2 Å². The number of benzene rings is 3. The molecule has 3 aromatic carbocycles. The van der Waals surface area contributed by atoms with Gasteiger partial charge in [0, 0.05) is 17.1 Å². The number of amidine groups is 1. The van der Waals surface area contributed by atoms with E-state index in [2.05, 4.69) is 20.4 Å². The van der Waals surface area contributed by atoms with E-state index in [1.165, 1.54) is 39.8 Å². The summed E-state index contributed by atoms with van der Waals surface area (Å²) in [5, 5.41) is 7.94. The summed E-state index contributed by atoms with van der Waals surface area (Å²) in [7, 11) is 0. The predicted molar refractivity (Wildman–Crippen MR) is 162 cm³/mol. The highest BCUT2D eigenvalue weighted by atomic mass is 35.5. The first kappa shape index (κ1) is 30.3. The van der Waals surface area contributed by atoms with Crippen LogP contribution in [-0.2, 0) is 17.4 Å². The summed E-state index contributed by atoms with van der Waals surface area (Å²) >= 11 is 7.42. The van der Waals surface area contributed by atoms with Gasteiger partial charge in [0.15, 0.2) is 11.0 Å². The van der Waals surface area contributed by atoms with E-state index in [4.69, 9.17) is 11.6 Å². The van der Waals surface area contributed by atoms with Gasteiger partial charge in [0.25, 0.3) is 0 Å². The molecule has 0 saturated carbocycles. The van der Waals surface area contributed by atoms with Crippen molar-refractivity contribution in [2.75, 3.05) is 17.2 Å². The third kappa shape index (κ3) is 7.08. The minimum atomic E-state index is -4.41. The average Bonchev–Trinajstić information content (AvgIpc) is 3.60. The summed E-state index contributed by atoms with van der Waals surface area (Å²) < 4.78 is 39.9. The Morgan fingerprint density at radius 3 is 2.49 bits per heavy atom. The van der Waals surface area contributed by atoms with Crippen molar-refractivity contribution < 1.29 is 22.8 Å². The van der Waals surface area contributed by atoms with E-state index in [0.29, 0.717) is 40.4 Å². The lowest BCUT2D eigenvalue weighted by Crippen LogP contribution is -2.32. The summed E-state index contributed by atoms with van der Waals surface area (Å²) in [6.45, 7) is 4.36. The molecule has 1 saturated heterocycles. The molecule has 1 fully saturated rings. The van der Waals surface area contributed by atoms with Crippen LogP contribution in [0.3, 0.4) is 0 Å². The molecule has 0 spiro atoms. The van der Waals surface area contributed by atoms with Gasteiger partial charge in [0.05, 0.1) is 22.7 Å². The Hall–Kier alpha value is -4.16. The molecule has 1 N–H and O–H groups in total. The zero-order chi connectivity index (χ0) is 30.7. The molecule has 0 unspecified atom stereocenters. The molecule has 0 atom stereocenters. The van der Waals surface area contributed by atoms with Gasteiger partial charge in [-0.1, -0.05) is 67.5 Å². The molecule has 8 nitrogen and oxygen atoms in total. The number of halogens is 4. The van der Waals surface area contributed by atoms with Crippen molar-refractivity contribution in [1.29, 1.82) is 0 Å². The minimum Gasteiger partial charge on any atom is -0.336 e. The number of nitrogens with zero attached hydrogens (tertiary/aromatic N) is 5. The highest BCUT2D eigenvalue weighted by Crippen LogP contribution is 2.35. The number of rotatable bonds is 7. The lowest BCUT2D eigenvalue weighted by molar-refractivity contribution is -0.137. The van der Waals surface area contributed by atoms with Crippen molar-refractivity contribution >= 4 is 46.2 Å². The Morgan fingerprint density at radius 1 is 1.09 bits per heavy atom. The van der Waals surface area contributed by atoms with Crippen molar-refractivity contribution in [3.05, 3.63) is 94.8 Å². The minimum absolute atomic E-state index is 0.137. The summed E-state index contributed by atoms with van der Waals surface area (Å²) in [4.78, 5) is 35.2. The average molecular weight is 627 g/mol. The molecule has 3 amide bonds. The molecular weight excluding hydrogens is 601 g/mol. The molecule has 0 bridgehead atoms. The summed E-state index contributed by atoms with van der Waals surface area (Å²) in [5.74, 6) is 0.571. The Morgan fingerprint density at radius 2 is 1.81 bits per heavy atom. The van der Waals surface area contributed by atoms with E-state index in [9.17, 15) is 22.8 Å². The number of amides is 3. The van der Waals surface area contributed by atoms with Crippen molar-refractivity contribution in [2.24, 2.45) is 4.99 Å². The van der Waals surface area contributed by atoms with Crippen LogP contribution in [0, 0.1) is 0 Å².